The highest BCUT2D eigenvalue weighted by atomic mass is 35.5. The van der Waals surface area contributed by atoms with Gasteiger partial charge in [0.1, 0.15) is 5.15 Å². The average molecular weight is 212 g/mol. The third-order valence-electron chi connectivity index (χ3n) is 2.54. The van der Waals surface area contributed by atoms with Gasteiger partial charge in [-0.25, -0.2) is 9.97 Å². The molecule has 1 saturated heterocycles. The van der Waals surface area contributed by atoms with E-state index < -0.39 is 0 Å². The van der Waals surface area contributed by atoms with E-state index in [4.69, 9.17) is 11.6 Å². The molecule has 0 radical (unpaired) electrons. The highest BCUT2D eigenvalue weighted by Gasteiger charge is 2.13. The standard InChI is InChI=1S/C10H14ClN3/c1-8-7-12-10(13-9(8)11)14-5-3-2-4-6-14/h7H,2-6H2,1H3. The highest BCUT2D eigenvalue weighted by Crippen LogP contribution is 2.18. The number of hydrogen-bond acceptors (Lipinski definition) is 3. The third-order valence-corrected chi connectivity index (χ3v) is 2.92. The van der Waals surface area contributed by atoms with Crippen molar-refractivity contribution >= 4 is 17.5 Å². The van der Waals surface area contributed by atoms with Crippen LogP contribution in [0.15, 0.2) is 6.20 Å². The van der Waals surface area contributed by atoms with Crippen molar-refractivity contribution < 1.29 is 0 Å². The molecule has 1 aliphatic rings. The zero-order valence-electron chi connectivity index (χ0n) is 8.33. The van der Waals surface area contributed by atoms with E-state index in [0.717, 1.165) is 24.6 Å². The summed E-state index contributed by atoms with van der Waals surface area (Å²) in [5.74, 6) is 0.778. The summed E-state index contributed by atoms with van der Waals surface area (Å²) >= 11 is 5.96. The van der Waals surface area contributed by atoms with Gasteiger partial charge in [-0.2, -0.15) is 0 Å². The van der Waals surface area contributed by atoms with Gasteiger partial charge in [-0.05, 0) is 26.2 Å². The zero-order chi connectivity index (χ0) is 9.97. The molecule has 14 heavy (non-hydrogen) atoms. The second kappa shape index (κ2) is 4.13. The van der Waals surface area contributed by atoms with Gasteiger partial charge < -0.3 is 4.90 Å². The molecule has 0 aliphatic carbocycles. The van der Waals surface area contributed by atoms with Crippen molar-refractivity contribution in [2.75, 3.05) is 18.0 Å². The van der Waals surface area contributed by atoms with Crippen LogP contribution in [0.25, 0.3) is 0 Å². The molecule has 1 fully saturated rings. The summed E-state index contributed by atoms with van der Waals surface area (Å²) in [6, 6.07) is 0. The first kappa shape index (κ1) is 9.71. The van der Waals surface area contributed by atoms with Crippen LogP contribution in [0.3, 0.4) is 0 Å². The minimum Gasteiger partial charge on any atom is -0.341 e. The van der Waals surface area contributed by atoms with E-state index in [9.17, 15) is 0 Å². The van der Waals surface area contributed by atoms with Crippen LogP contribution in [-0.4, -0.2) is 23.1 Å². The molecule has 3 nitrogen and oxygen atoms in total. The van der Waals surface area contributed by atoms with Crippen molar-refractivity contribution in [1.82, 2.24) is 9.97 Å². The maximum atomic E-state index is 5.96. The van der Waals surface area contributed by atoms with Crippen LogP contribution in [-0.2, 0) is 0 Å². The Kier molecular flexibility index (Phi) is 2.87. The molecule has 1 aromatic heterocycles. The van der Waals surface area contributed by atoms with E-state index in [1.165, 1.54) is 19.3 Å². The summed E-state index contributed by atoms with van der Waals surface area (Å²) in [6.45, 7) is 4.03. The van der Waals surface area contributed by atoms with E-state index >= 15 is 0 Å². The molecule has 0 unspecified atom stereocenters. The van der Waals surface area contributed by atoms with Crippen molar-refractivity contribution in [3.8, 4) is 0 Å². The second-order valence-electron chi connectivity index (χ2n) is 3.69. The fraction of sp³-hybridized carbons (Fsp3) is 0.600. The zero-order valence-corrected chi connectivity index (χ0v) is 9.09. The number of anilines is 1. The first-order chi connectivity index (χ1) is 6.77. The fourth-order valence-electron chi connectivity index (χ4n) is 1.66. The van der Waals surface area contributed by atoms with Gasteiger partial charge in [-0.1, -0.05) is 11.6 Å². The molecule has 0 atom stereocenters. The molecule has 1 aromatic rings. The number of aromatic nitrogens is 2. The third kappa shape index (κ3) is 1.98. The second-order valence-corrected chi connectivity index (χ2v) is 4.05. The molecule has 76 valence electrons. The van der Waals surface area contributed by atoms with Crippen LogP contribution in [0.1, 0.15) is 24.8 Å². The number of halogens is 1. The maximum Gasteiger partial charge on any atom is 0.226 e. The molecule has 0 aromatic carbocycles. The minimum absolute atomic E-state index is 0.570. The molecule has 2 heterocycles. The SMILES string of the molecule is Cc1cnc(N2CCCCC2)nc1Cl. The monoisotopic (exact) mass is 211 g/mol. The Morgan fingerprint density at radius 2 is 2.00 bits per heavy atom. The molecule has 0 saturated carbocycles. The Balaban J connectivity index is 2.18. The molecular weight excluding hydrogens is 198 g/mol. The topological polar surface area (TPSA) is 29.0 Å². The van der Waals surface area contributed by atoms with Crippen LogP contribution in [0.4, 0.5) is 5.95 Å². The first-order valence-corrected chi connectivity index (χ1v) is 5.39. The molecule has 0 N–H and O–H groups in total. The molecule has 2 rings (SSSR count). The van der Waals surface area contributed by atoms with E-state index in [-0.39, 0.29) is 0 Å². The van der Waals surface area contributed by atoms with Crippen molar-refractivity contribution in [2.45, 2.75) is 26.2 Å². The van der Waals surface area contributed by atoms with Gasteiger partial charge in [-0.15, -0.1) is 0 Å². The van der Waals surface area contributed by atoms with E-state index in [1.807, 2.05) is 6.92 Å². The van der Waals surface area contributed by atoms with E-state index in [2.05, 4.69) is 14.9 Å². The molecule has 0 spiro atoms. The summed E-state index contributed by atoms with van der Waals surface area (Å²) in [6.07, 6.45) is 5.57. The summed E-state index contributed by atoms with van der Waals surface area (Å²) in [5, 5.41) is 0.570. The lowest BCUT2D eigenvalue weighted by molar-refractivity contribution is 0.568. The number of rotatable bonds is 1. The van der Waals surface area contributed by atoms with Crippen molar-refractivity contribution in [1.29, 1.82) is 0 Å². The molecule has 1 aliphatic heterocycles. The molecule has 4 heteroatoms. The predicted molar refractivity (Wildman–Crippen MR) is 57.8 cm³/mol. The maximum absolute atomic E-state index is 5.96. The van der Waals surface area contributed by atoms with Crippen LogP contribution in [0.2, 0.25) is 5.15 Å². The van der Waals surface area contributed by atoms with Gasteiger partial charge in [0.15, 0.2) is 0 Å². The van der Waals surface area contributed by atoms with Gasteiger partial charge in [0.2, 0.25) is 5.95 Å². The summed E-state index contributed by atoms with van der Waals surface area (Å²) in [7, 11) is 0. The van der Waals surface area contributed by atoms with Gasteiger partial charge in [0.05, 0.1) is 0 Å². The average Bonchev–Trinajstić information content (AvgIpc) is 2.23. The van der Waals surface area contributed by atoms with Gasteiger partial charge in [-0.3, -0.25) is 0 Å². The lowest BCUT2D eigenvalue weighted by Crippen LogP contribution is -2.31. The highest BCUT2D eigenvalue weighted by molar-refractivity contribution is 6.30. The Bertz CT molecular complexity index is 321. The largest absolute Gasteiger partial charge is 0.341 e. The number of aryl methyl sites for hydroxylation is 1. The summed E-state index contributed by atoms with van der Waals surface area (Å²) in [5.41, 5.74) is 0.937. The number of hydrogen-bond donors (Lipinski definition) is 0. The van der Waals surface area contributed by atoms with Crippen LogP contribution in [0, 0.1) is 6.92 Å². The lowest BCUT2D eigenvalue weighted by Gasteiger charge is -2.26. The van der Waals surface area contributed by atoms with E-state index in [0.29, 0.717) is 5.15 Å². The van der Waals surface area contributed by atoms with Crippen molar-refractivity contribution in [3.63, 3.8) is 0 Å². The first-order valence-electron chi connectivity index (χ1n) is 5.01. The summed E-state index contributed by atoms with van der Waals surface area (Å²) in [4.78, 5) is 10.8. The van der Waals surface area contributed by atoms with Crippen LogP contribution < -0.4 is 4.90 Å². The minimum atomic E-state index is 0.570. The lowest BCUT2D eigenvalue weighted by atomic mass is 10.1. The van der Waals surface area contributed by atoms with Crippen molar-refractivity contribution in [3.05, 3.63) is 16.9 Å². The predicted octanol–water partition coefficient (Wildman–Crippen LogP) is 2.43. The quantitative estimate of drug-likeness (QED) is 0.669. The Morgan fingerprint density at radius 1 is 1.29 bits per heavy atom. The van der Waals surface area contributed by atoms with Crippen LogP contribution >= 0.6 is 11.6 Å². The van der Waals surface area contributed by atoms with Gasteiger partial charge in [0.25, 0.3) is 0 Å². The Labute approximate surface area is 89.1 Å². The van der Waals surface area contributed by atoms with E-state index in [1.54, 1.807) is 6.20 Å². The molecule has 0 amide bonds. The summed E-state index contributed by atoms with van der Waals surface area (Å²) < 4.78 is 0. The Hall–Kier alpha value is -0.830. The van der Waals surface area contributed by atoms with Crippen molar-refractivity contribution in [2.24, 2.45) is 0 Å². The smallest absolute Gasteiger partial charge is 0.226 e. The molecular formula is C10H14ClN3. The molecule has 0 bridgehead atoms. The number of nitrogens with zero attached hydrogens (tertiary/aromatic N) is 3. The Morgan fingerprint density at radius 3 is 2.64 bits per heavy atom. The van der Waals surface area contributed by atoms with Gasteiger partial charge >= 0.3 is 0 Å². The fourth-order valence-corrected chi connectivity index (χ4v) is 1.78. The van der Waals surface area contributed by atoms with Gasteiger partial charge in [0, 0.05) is 24.8 Å². The van der Waals surface area contributed by atoms with Crippen LogP contribution in [0.5, 0.6) is 0 Å². The normalized spacial score (nSPS) is 17.1. The number of piperidine rings is 1.